The lowest BCUT2D eigenvalue weighted by molar-refractivity contribution is -0.143. The molecular formula is C14H11F6N3O2. The molecule has 25 heavy (non-hydrogen) atoms. The van der Waals surface area contributed by atoms with Gasteiger partial charge in [0.1, 0.15) is 11.4 Å². The first-order valence-electron chi connectivity index (χ1n) is 6.68. The fraction of sp³-hybridized carbons (Fsp3) is 0.286. The number of alkyl halides is 6. The van der Waals surface area contributed by atoms with Crippen molar-refractivity contribution in [2.24, 2.45) is 0 Å². The Morgan fingerprint density at radius 2 is 1.48 bits per heavy atom. The molecule has 1 aromatic heterocycles. The standard InChI is InChI=1S/C14H11F6N3O2/c1-6-11(7(2)25-23-6)22-12(24)21-10-4-8(13(15,16)17)3-9(5-10)14(18,19)20/h3-5H,1-2H3,(H2,21,22,24). The predicted octanol–water partition coefficient (Wildman–Crippen LogP) is 4.97. The Hall–Kier alpha value is -2.72. The first-order chi connectivity index (χ1) is 11.4. The average molecular weight is 367 g/mol. The molecule has 0 aliphatic rings. The van der Waals surface area contributed by atoms with E-state index in [1.54, 1.807) is 0 Å². The van der Waals surface area contributed by atoms with E-state index in [0.29, 0.717) is 17.8 Å². The smallest absolute Gasteiger partial charge is 0.359 e. The third-order valence-electron chi connectivity index (χ3n) is 3.12. The Labute approximate surface area is 137 Å². The maximum Gasteiger partial charge on any atom is 0.416 e. The Bertz CT molecular complexity index is 743. The Morgan fingerprint density at radius 3 is 1.88 bits per heavy atom. The summed E-state index contributed by atoms with van der Waals surface area (Å²) < 4.78 is 81.4. The normalized spacial score (nSPS) is 12.2. The number of aromatic nitrogens is 1. The molecule has 5 nitrogen and oxygen atoms in total. The number of rotatable bonds is 2. The topological polar surface area (TPSA) is 67.2 Å². The Balaban J connectivity index is 2.30. The number of aryl methyl sites for hydroxylation is 2. The highest BCUT2D eigenvalue weighted by Gasteiger charge is 2.37. The maximum absolute atomic E-state index is 12.8. The molecule has 0 unspecified atom stereocenters. The van der Waals surface area contributed by atoms with Crippen molar-refractivity contribution in [2.45, 2.75) is 26.2 Å². The molecule has 0 saturated heterocycles. The quantitative estimate of drug-likeness (QED) is 0.737. The van der Waals surface area contributed by atoms with Crippen LogP contribution in [0.3, 0.4) is 0 Å². The third kappa shape index (κ3) is 4.43. The van der Waals surface area contributed by atoms with Gasteiger partial charge < -0.3 is 15.2 Å². The minimum absolute atomic E-state index is 0.0304. The van der Waals surface area contributed by atoms with Crippen LogP contribution in [0.15, 0.2) is 22.7 Å². The summed E-state index contributed by atoms with van der Waals surface area (Å²) in [5.41, 5.74) is -3.26. The molecule has 0 aliphatic heterocycles. The minimum atomic E-state index is -5.00. The molecule has 0 saturated carbocycles. The lowest BCUT2D eigenvalue weighted by Crippen LogP contribution is -2.21. The van der Waals surface area contributed by atoms with Gasteiger partial charge in [0.25, 0.3) is 0 Å². The zero-order valence-electron chi connectivity index (χ0n) is 12.8. The number of carbonyl (C=O) groups excluding carboxylic acids is 1. The van der Waals surface area contributed by atoms with Crippen LogP contribution in [-0.4, -0.2) is 11.2 Å². The summed E-state index contributed by atoms with van der Waals surface area (Å²) in [7, 11) is 0. The fourth-order valence-electron chi connectivity index (χ4n) is 1.96. The monoisotopic (exact) mass is 367 g/mol. The maximum atomic E-state index is 12.8. The van der Waals surface area contributed by atoms with E-state index in [-0.39, 0.29) is 17.5 Å². The molecule has 0 fully saturated rings. The van der Waals surface area contributed by atoms with Crippen molar-refractivity contribution >= 4 is 17.4 Å². The molecule has 1 aromatic carbocycles. The van der Waals surface area contributed by atoms with Crippen molar-refractivity contribution in [1.29, 1.82) is 0 Å². The van der Waals surface area contributed by atoms with Crippen molar-refractivity contribution < 1.29 is 35.7 Å². The first kappa shape index (κ1) is 18.6. The van der Waals surface area contributed by atoms with Crippen LogP contribution in [0, 0.1) is 13.8 Å². The third-order valence-corrected chi connectivity index (χ3v) is 3.12. The number of carbonyl (C=O) groups is 1. The molecule has 1 heterocycles. The number of amides is 2. The number of nitrogens with one attached hydrogen (secondary N) is 2. The van der Waals surface area contributed by atoms with Crippen molar-refractivity contribution in [3.05, 3.63) is 40.8 Å². The molecule has 0 aliphatic carbocycles. The van der Waals surface area contributed by atoms with Gasteiger partial charge in [0.15, 0.2) is 5.76 Å². The van der Waals surface area contributed by atoms with Crippen molar-refractivity contribution in [3.8, 4) is 0 Å². The molecule has 0 radical (unpaired) electrons. The number of benzene rings is 1. The Kier molecular flexibility index (Phi) is 4.69. The van der Waals surface area contributed by atoms with Gasteiger partial charge in [-0.3, -0.25) is 0 Å². The molecule has 0 spiro atoms. The van der Waals surface area contributed by atoms with Gasteiger partial charge >= 0.3 is 18.4 Å². The van der Waals surface area contributed by atoms with E-state index in [9.17, 15) is 31.1 Å². The van der Waals surface area contributed by atoms with Crippen LogP contribution in [0.25, 0.3) is 0 Å². The number of hydrogen-bond donors (Lipinski definition) is 2. The second kappa shape index (κ2) is 6.30. The van der Waals surface area contributed by atoms with Gasteiger partial charge in [-0.25, -0.2) is 4.79 Å². The largest absolute Gasteiger partial charge is 0.416 e. The van der Waals surface area contributed by atoms with Gasteiger partial charge in [-0.05, 0) is 32.0 Å². The molecule has 0 atom stereocenters. The van der Waals surface area contributed by atoms with E-state index in [2.05, 4.69) is 10.5 Å². The highest BCUT2D eigenvalue weighted by atomic mass is 19.4. The van der Waals surface area contributed by atoms with Crippen LogP contribution < -0.4 is 10.6 Å². The summed E-state index contributed by atoms with van der Waals surface area (Å²) in [5, 5.41) is 7.75. The summed E-state index contributed by atoms with van der Waals surface area (Å²) in [6.45, 7) is 2.97. The number of hydrogen-bond acceptors (Lipinski definition) is 3. The Morgan fingerprint density at radius 1 is 0.960 bits per heavy atom. The van der Waals surface area contributed by atoms with Crippen LogP contribution >= 0.6 is 0 Å². The average Bonchev–Trinajstić information content (AvgIpc) is 2.77. The first-order valence-corrected chi connectivity index (χ1v) is 6.68. The number of urea groups is 1. The SMILES string of the molecule is Cc1noc(C)c1NC(=O)Nc1cc(C(F)(F)F)cc(C(F)(F)F)c1. The van der Waals surface area contributed by atoms with E-state index in [1.807, 2.05) is 5.32 Å². The zero-order valence-corrected chi connectivity index (χ0v) is 12.8. The number of halogens is 6. The number of nitrogens with zero attached hydrogens (tertiary/aromatic N) is 1. The zero-order chi connectivity index (χ0) is 19.0. The molecule has 2 amide bonds. The lowest BCUT2D eigenvalue weighted by atomic mass is 10.1. The van der Waals surface area contributed by atoms with Crippen molar-refractivity contribution in [1.82, 2.24) is 5.16 Å². The molecule has 2 N–H and O–H groups in total. The van der Waals surface area contributed by atoms with Gasteiger partial charge in [0, 0.05) is 5.69 Å². The summed E-state index contributed by atoms with van der Waals surface area (Å²) in [4.78, 5) is 11.9. The highest BCUT2D eigenvalue weighted by molar-refractivity contribution is 6.00. The van der Waals surface area contributed by atoms with Gasteiger partial charge in [-0.15, -0.1) is 0 Å². The van der Waals surface area contributed by atoms with E-state index in [0.717, 1.165) is 0 Å². The number of anilines is 2. The summed E-state index contributed by atoms with van der Waals surface area (Å²) in [5.74, 6) is 0.229. The summed E-state index contributed by atoms with van der Waals surface area (Å²) in [6, 6.07) is -0.261. The van der Waals surface area contributed by atoms with E-state index < -0.39 is 35.2 Å². The van der Waals surface area contributed by atoms with Crippen LogP contribution in [0.4, 0.5) is 42.5 Å². The van der Waals surface area contributed by atoms with Gasteiger partial charge in [-0.1, -0.05) is 5.16 Å². The van der Waals surface area contributed by atoms with Crippen molar-refractivity contribution in [3.63, 3.8) is 0 Å². The van der Waals surface area contributed by atoms with Crippen LogP contribution in [0.2, 0.25) is 0 Å². The molecule has 11 heteroatoms. The van der Waals surface area contributed by atoms with E-state index in [1.165, 1.54) is 13.8 Å². The van der Waals surface area contributed by atoms with Gasteiger partial charge in [0.05, 0.1) is 11.1 Å². The van der Waals surface area contributed by atoms with Gasteiger partial charge in [0.2, 0.25) is 0 Å². The second-order valence-electron chi connectivity index (χ2n) is 5.07. The van der Waals surface area contributed by atoms with Crippen molar-refractivity contribution in [2.75, 3.05) is 10.6 Å². The van der Waals surface area contributed by atoms with Crippen LogP contribution in [0.1, 0.15) is 22.6 Å². The fourth-order valence-corrected chi connectivity index (χ4v) is 1.96. The predicted molar refractivity (Wildman–Crippen MR) is 75.1 cm³/mol. The molecule has 2 rings (SSSR count). The van der Waals surface area contributed by atoms with Crippen LogP contribution in [0.5, 0.6) is 0 Å². The molecular weight excluding hydrogens is 356 g/mol. The second-order valence-corrected chi connectivity index (χ2v) is 5.07. The highest BCUT2D eigenvalue weighted by Crippen LogP contribution is 2.37. The summed E-state index contributed by atoms with van der Waals surface area (Å²) >= 11 is 0. The van der Waals surface area contributed by atoms with Crippen LogP contribution in [-0.2, 0) is 12.4 Å². The molecule has 2 aromatic rings. The van der Waals surface area contributed by atoms with E-state index >= 15 is 0 Å². The minimum Gasteiger partial charge on any atom is -0.359 e. The molecule has 0 bridgehead atoms. The lowest BCUT2D eigenvalue weighted by Gasteiger charge is -2.15. The molecule has 136 valence electrons. The summed E-state index contributed by atoms with van der Waals surface area (Å²) in [6.07, 6.45) is -10.0. The van der Waals surface area contributed by atoms with Gasteiger partial charge in [-0.2, -0.15) is 26.3 Å². The van der Waals surface area contributed by atoms with E-state index in [4.69, 9.17) is 4.52 Å².